The standard InChI is InChI=1S/C23H32N4O2.HI/c1-3-4-11-25-23(26-15-19-7-5-18(2)6-8-19)27-16-20-9-12-24-22(14-20)29-21-10-13-28-17-21;/h5-9,12,14,21H,3-4,10-11,13,15-17H2,1-2H3,(H2,25,26,27);1H. The van der Waals surface area contributed by atoms with Gasteiger partial charge >= 0.3 is 0 Å². The van der Waals surface area contributed by atoms with Gasteiger partial charge in [0.05, 0.1) is 19.8 Å². The second kappa shape index (κ2) is 13.4. The van der Waals surface area contributed by atoms with Crippen molar-refractivity contribution < 1.29 is 9.47 Å². The van der Waals surface area contributed by atoms with Crippen LogP contribution in [0.3, 0.4) is 0 Å². The van der Waals surface area contributed by atoms with Crippen molar-refractivity contribution in [2.24, 2.45) is 4.99 Å². The largest absolute Gasteiger partial charge is 0.472 e. The maximum Gasteiger partial charge on any atom is 0.213 e. The van der Waals surface area contributed by atoms with Gasteiger partial charge in [0.2, 0.25) is 5.88 Å². The predicted molar refractivity (Wildman–Crippen MR) is 132 cm³/mol. The Hall–Kier alpha value is -1.87. The Bertz CT molecular complexity index is 777. The number of benzene rings is 1. The highest BCUT2D eigenvalue weighted by Crippen LogP contribution is 2.16. The molecule has 1 aromatic heterocycles. The lowest BCUT2D eigenvalue weighted by Crippen LogP contribution is -2.37. The number of guanidine groups is 1. The second-order valence-corrected chi connectivity index (χ2v) is 7.39. The molecule has 7 heteroatoms. The fraction of sp³-hybridized carbons (Fsp3) is 0.478. The maximum absolute atomic E-state index is 5.90. The summed E-state index contributed by atoms with van der Waals surface area (Å²) in [7, 11) is 0. The molecule has 0 aliphatic carbocycles. The smallest absolute Gasteiger partial charge is 0.213 e. The fourth-order valence-electron chi connectivity index (χ4n) is 3.01. The molecule has 3 rings (SSSR count). The van der Waals surface area contributed by atoms with Crippen molar-refractivity contribution in [1.29, 1.82) is 0 Å². The summed E-state index contributed by atoms with van der Waals surface area (Å²) in [6.45, 7) is 7.89. The first kappa shape index (κ1) is 24.4. The molecule has 0 bridgehead atoms. The van der Waals surface area contributed by atoms with E-state index < -0.39 is 0 Å². The van der Waals surface area contributed by atoms with Crippen LogP contribution in [-0.4, -0.2) is 36.8 Å². The quantitative estimate of drug-likeness (QED) is 0.223. The Balaban J connectivity index is 0.00000320. The van der Waals surface area contributed by atoms with Gasteiger partial charge in [-0.05, 0) is 30.5 Å². The summed E-state index contributed by atoms with van der Waals surface area (Å²) in [6.07, 6.45) is 5.05. The van der Waals surface area contributed by atoms with E-state index in [1.807, 2.05) is 12.1 Å². The number of hydrogen-bond donors (Lipinski definition) is 2. The van der Waals surface area contributed by atoms with E-state index in [1.165, 1.54) is 11.1 Å². The van der Waals surface area contributed by atoms with E-state index in [0.29, 0.717) is 19.0 Å². The van der Waals surface area contributed by atoms with E-state index >= 15 is 0 Å². The molecule has 0 amide bonds. The van der Waals surface area contributed by atoms with Gasteiger partial charge in [0.25, 0.3) is 0 Å². The zero-order valence-electron chi connectivity index (χ0n) is 17.9. The predicted octanol–water partition coefficient (Wildman–Crippen LogP) is 4.21. The number of nitrogens with zero attached hydrogens (tertiary/aromatic N) is 2. The number of pyridine rings is 1. The maximum atomic E-state index is 5.90. The van der Waals surface area contributed by atoms with Crippen LogP contribution < -0.4 is 15.4 Å². The molecule has 6 nitrogen and oxygen atoms in total. The SMILES string of the molecule is CCCCNC(=NCc1ccnc(OC2CCOC2)c1)NCc1ccc(C)cc1.I. The van der Waals surface area contributed by atoms with Gasteiger partial charge in [0.15, 0.2) is 5.96 Å². The van der Waals surface area contributed by atoms with E-state index in [0.717, 1.165) is 50.5 Å². The zero-order valence-corrected chi connectivity index (χ0v) is 20.2. The van der Waals surface area contributed by atoms with Crippen molar-refractivity contribution in [2.45, 2.75) is 52.3 Å². The number of rotatable bonds is 9. The van der Waals surface area contributed by atoms with Gasteiger partial charge in [0, 0.05) is 31.8 Å². The Labute approximate surface area is 196 Å². The average Bonchev–Trinajstić information content (AvgIpc) is 3.24. The number of hydrogen-bond acceptors (Lipinski definition) is 4. The Morgan fingerprint density at radius 1 is 1.20 bits per heavy atom. The number of unbranched alkanes of at least 4 members (excludes halogenated alkanes) is 1. The van der Waals surface area contributed by atoms with Crippen LogP contribution in [0.1, 0.15) is 42.9 Å². The van der Waals surface area contributed by atoms with Crippen molar-refractivity contribution in [3.8, 4) is 5.88 Å². The highest BCUT2D eigenvalue weighted by Gasteiger charge is 2.17. The summed E-state index contributed by atoms with van der Waals surface area (Å²) in [5, 5.41) is 6.85. The molecule has 0 spiro atoms. The van der Waals surface area contributed by atoms with Crippen molar-refractivity contribution in [1.82, 2.24) is 15.6 Å². The van der Waals surface area contributed by atoms with Crippen molar-refractivity contribution in [3.05, 3.63) is 59.3 Å². The zero-order chi connectivity index (χ0) is 20.3. The van der Waals surface area contributed by atoms with Gasteiger partial charge in [-0.1, -0.05) is 43.2 Å². The summed E-state index contributed by atoms with van der Waals surface area (Å²) in [5.74, 6) is 1.46. The Morgan fingerprint density at radius 3 is 2.77 bits per heavy atom. The molecule has 1 aromatic carbocycles. The summed E-state index contributed by atoms with van der Waals surface area (Å²) in [4.78, 5) is 9.07. The minimum absolute atomic E-state index is 0. The summed E-state index contributed by atoms with van der Waals surface area (Å²) >= 11 is 0. The van der Waals surface area contributed by atoms with Crippen LogP contribution in [0, 0.1) is 6.92 Å². The van der Waals surface area contributed by atoms with Crippen LogP contribution in [-0.2, 0) is 17.8 Å². The molecular formula is C23H33IN4O2. The van der Waals surface area contributed by atoms with E-state index in [4.69, 9.17) is 14.5 Å². The molecular weight excluding hydrogens is 491 g/mol. The van der Waals surface area contributed by atoms with Crippen LogP contribution in [0.2, 0.25) is 0 Å². The first-order chi connectivity index (χ1) is 14.2. The van der Waals surface area contributed by atoms with Crippen LogP contribution in [0.5, 0.6) is 5.88 Å². The molecule has 1 aliphatic rings. The molecule has 1 unspecified atom stereocenters. The third-order valence-electron chi connectivity index (χ3n) is 4.80. The van der Waals surface area contributed by atoms with Gasteiger partial charge in [-0.3, -0.25) is 0 Å². The van der Waals surface area contributed by atoms with Crippen LogP contribution in [0.4, 0.5) is 0 Å². The summed E-state index contributed by atoms with van der Waals surface area (Å²) in [6, 6.07) is 12.5. The Morgan fingerprint density at radius 2 is 2.03 bits per heavy atom. The average molecular weight is 524 g/mol. The van der Waals surface area contributed by atoms with E-state index in [1.54, 1.807) is 6.20 Å². The summed E-state index contributed by atoms with van der Waals surface area (Å²) in [5.41, 5.74) is 3.57. The van der Waals surface area contributed by atoms with Crippen molar-refractivity contribution in [2.75, 3.05) is 19.8 Å². The lowest BCUT2D eigenvalue weighted by Gasteiger charge is -2.13. The molecule has 30 heavy (non-hydrogen) atoms. The lowest BCUT2D eigenvalue weighted by atomic mass is 10.1. The molecule has 2 N–H and O–H groups in total. The third-order valence-corrected chi connectivity index (χ3v) is 4.80. The third kappa shape index (κ3) is 8.47. The van der Waals surface area contributed by atoms with E-state index in [9.17, 15) is 0 Å². The summed E-state index contributed by atoms with van der Waals surface area (Å²) < 4.78 is 11.3. The number of ether oxygens (including phenoxy) is 2. The fourth-order valence-corrected chi connectivity index (χ4v) is 3.01. The lowest BCUT2D eigenvalue weighted by molar-refractivity contribution is 0.138. The molecule has 0 saturated carbocycles. The normalized spacial score (nSPS) is 16.1. The number of aliphatic imine (C=N–C) groups is 1. The molecule has 164 valence electrons. The number of nitrogens with one attached hydrogen (secondary N) is 2. The van der Waals surface area contributed by atoms with E-state index in [-0.39, 0.29) is 30.1 Å². The molecule has 2 heterocycles. The Kier molecular flexibility index (Phi) is 10.9. The highest BCUT2D eigenvalue weighted by molar-refractivity contribution is 14.0. The second-order valence-electron chi connectivity index (χ2n) is 7.39. The van der Waals surface area contributed by atoms with Crippen LogP contribution in [0.15, 0.2) is 47.6 Å². The minimum atomic E-state index is 0. The van der Waals surface area contributed by atoms with Crippen LogP contribution in [0.25, 0.3) is 0 Å². The molecule has 1 atom stereocenters. The first-order valence-corrected chi connectivity index (χ1v) is 10.5. The highest BCUT2D eigenvalue weighted by atomic mass is 127. The molecule has 2 aromatic rings. The van der Waals surface area contributed by atoms with Crippen molar-refractivity contribution in [3.63, 3.8) is 0 Å². The topological polar surface area (TPSA) is 67.8 Å². The number of aromatic nitrogens is 1. The van der Waals surface area contributed by atoms with Gasteiger partial charge in [-0.25, -0.2) is 9.98 Å². The van der Waals surface area contributed by atoms with Crippen LogP contribution >= 0.6 is 24.0 Å². The first-order valence-electron chi connectivity index (χ1n) is 10.5. The van der Waals surface area contributed by atoms with Gasteiger partial charge in [-0.15, -0.1) is 24.0 Å². The molecule has 1 fully saturated rings. The van der Waals surface area contributed by atoms with Gasteiger partial charge in [0.1, 0.15) is 6.10 Å². The van der Waals surface area contributed by atoms with Crippen molar-refractivity contribution >= 4 is 29.9 Å². The monoisotopic (exact) mass is 524 g/mol. The van der Waals surface area contributed by atoms with Gasteiger partial charge < -0.3 is 20.1 Å². The molecule has 1 aliphatic heterocycles. The number of halogens is 1. The van der Waals surface area contributed by atoms with Gasteiger partial charge in [-0.2, -0.15) is 0 Å². The van der Waals surface area contributed by atoms with E-state index in [2.05, 4.69) is 53.7 Å². The molecule has 1 saturated heterocycles. The molecule has 0 radical (unpaired) electrons. The number of aryl methyl sites for hydroxylation is 1. The minimum Gasteiger partial charge on any atom is -0.472 e.